The Hall–Kier alpha value is -3.74. The summed E-state index contributed by atoms with van der Waals surface area (Å²) in [5.41, 5.74) is 3.72. The van der Waals surface area contributed by atoms with Gasteiger partial charge in [-0.05, 0) is 29.8 Å². The quantitative estimate of drug-likeness (QED) is 0.504. The zero-order valence-electron chi connectivity index (χ0n) is 17.3. The molecule has 156 valence electrons. The van der Waals surface area contributed by atoms with Gasteiger partial charge in [-0.2, -0.15) is 5.10 Å². The van der Waals surface area contributed by atoms with E-state index in [0.29, 0.717) is 26.1 Å². The van der Waals surface area contributed by atoms with Crippen molar-refractivity contribution in [2.45, 2.75) is 13.0 Å². The number of nitrogens with zero attached hydrogens (tertiary/aromatic N) is 5. The Morgan fingerprint density at radius 3 is 2.65 bits per heavy atom. The molecule has 0 aliphatic carbocycles. The van der Waals surface area contributed by atoms with Crippen LogP contribution in [0.25, 0.3) is 22.2 Å². The van der Waals surface area contributed by atoms with Crippen LogP contribution in [-0.4, -0.2) is 43.2 Å². The van der Waals surface area contributed by atoms with Crippen LogP contribution in [0.5, 0.6) is 0 Å². The van der Waals surface area contributed by atoms with E-state index in [2.05, 4.69) is 26.8 Å². The molecular weight excluding hydrogens is 390 g/mol. The normalized spacial score (nSPS) is 14.0. The minimum Gasteiger partial charge on any atom is -0.350 e. The maximum Gasteiger partial charge on any atom is 0.266 e. The number of amides is 1. The van der Waals surface area contributed by atoms with Gasteiger partial charge in [0.15, 0.2) is 0 Å². The van der Waals surface area contributed by atoms with E-state index in [0.717, 1.165) is 27.7 Å². The summed E-state index contributed by atoms with van der Waals surface area (Å²) in [5, 5.41) is 5.63. The lowest BCUT2D eigenvalue weighted by Gasteiger charge is -2.39. The maximum atomic E-state index is 12.8. The predicted octanol–water partition coefficient (Wildman–Crippen LogP) is 2.50. The van der Waals surface area contributed by atoms with Crippen LogP contribution >= 0.6 is 0 Å². The molecular formula is C24H23N5O2. The first-order valence-corrected chi connectivity index (χ1v) is 10.4. The second-order valence-corrected chi connectivity index (χ2v) is 8.10. The molecule has 0 unspecified atom stereocenters. The molecule has 1 saturated heterocycles. The number of fused-ring (bicyclic) bond motifs is 1. The fraction of sp³-hybridized carbons (Fsp3) is 0.250. The van der Waals surface area contributed by atoms with Crippen molar-refractivity contribution in [1.29, 1.82) is 0 Å². The number of rotatable bonds is 5. The molecule has 31 heavy (non-hydrogen) atoms. The zero-order valence-corrected chi connectivity index (χ0v) is 17.3. The predicted molar refractivity (Wildman–Crippen MR) is 118 cm³/mol. The molecule has 7 nitrogen and oxygen atoms in total. The van der Waals surface area contributed by atoms with Crippen molar-refractivity contribution in [3.63, 3.8) is 0 Å². The van der Waals surface area contributed by atoms with E-state index in [-0.39, 0.29) is 17.4 Å². The van der Waals surface area contributed by atoms with Crippen LogP contribution in [0.15, 0.2) is 71.9 Å². The van der Waals surface area contributed by atoms with Gasteiger partial charge >= 0.3 is 0 Å². The Balaban J connectivity index is 1.23. The molecule has 4 heterocycles. The van der Waals surface area contributed by atoms with E-state index in [1.807, 2.05) is 42.4 Å². The van der Waals surface area contributed by atoms with Crippen molar-refractivity contribution in [1.82, 2.24) is 24.2 Å². The first-order chi connectivity index (χ1) is 15.1. The van der Waals surface area contributed by atoms with Crippen LogP contribution in [0.1, 0.15) is 5.56 Å². The Morgan fingerprint density at radius 2 is 1.84 bits per heavy atom. The monoisotopic (exact) mass is 413 g/mol. The van der Waals surface area contributed by atoms with Gasteiger partial charge in [0.2, 0.25) is 5.91 Å². The SMILES string of the molecule is Cn1cc(CC(=O)N2CC(Cn3nc(-c4ccncc4)ccc3=O)C2)c2ccccc21. The zero-order chi connectivity index (χ0) is 21.4. The molecule has 0 spiro atoms. The number of benzene rings is 1. The second kappa shape index (κ2) is 7.83. The summed E-state index contributed by atoms with van der Waals surface area (Å²) in [6.45, 7) is 1.81. The van der Waals surface area contributed by atoms with Crippen molar-refractivity contribution in [2.24, 2.45) is 13.0 Å². The van der Waals surface area contributed by atoms with Crippen molar-refractivity contribution in [3.05, 3.63) is 83.0 Å². The lowest BCUT2D eigenvalue weighted by atomic mass is 9.98. The molecule has 0 atom stereocenters. The minimum absolute atomic E-state index is 0.124. The molecule has 1 amide bonds. The number of aryl methyl sites for hydroxylation is 1. The molecule has 0 N–H and O–H groups in total. The molecule has 0 saturated carbocycles. The van der Waals surface area contributed by atoms with E-state index < -0.39 is 0 Å². The van der Waals surface area contributed by atoms with Crippen molar-refractivity contribution in [2.75, 3.05) is 13.1 Å². The second-order valence-electron chi connectivity index (χ2n) is 8.10. The van der Waals surface area contributed by atoms with E-state index in [9.17, 15) is 9.59 Å². The van der Waals surface area contributed by atoms with Crippen LogP contribution in [0.3, 0.4) is 0 Å². The average Bonchev–Trinajstić information content (AvgIpc) is 3.07. The van der Waals surface area contributed by atoms with E-state index in [4.69, 9.17) is 0 Å². The van der Waals surface area contributed by atoms with Gasteiger partial charge in [0.1, 0.15) is 0 Å². The van der Waals surface area contributed by atoms with Gasteiger partial charge < -0.3 is 9.47 Å². The largest absolute Gasteiger partial charge is 0.350 e. The molecule has 1 aliphatic heterocycles. The van der Waals surface area contributed by atoms with Crippen LogP contribution in [0.4, 0.5) is 0 Å². The third-order valence-corrected chi connectivity index (χ3v) is 5.90. The minimum atomic E-state index is -0.127. The lowest BCUT2D eigenvalue weighted by Crippen LogP contribution is -2.52. The molecule has 0 radical (unpaired) electrons. The topological polar surface area (TPSA) is 73.0 Å². The summed E-state index contributed by atoms with van der Waals surface area (Å²) < 4.78 is 3.57. The Labute approximate surface area is 179 Å². The standard InChI is InChI=1S/C24H23N5O2/c1-27-16-19(20-4-2-3-5-22(20)27)12-24(31)28-13-17(14-28)15-29-23(30)7-6-21(26-29)18-8-10-25-11-9-18/h2-11,16-17H,12-15H2,1H3. The van der Waals surface area contributed by atoms with Gasteiger partial charge in [-0.25, -0.2) is 4.68 Å². The summed E-state index contributed by atoms with van der Waals surface area (Å²) in [5.74, 6) is 0.354. The summed E-state index contributed by atoms with van der Waals surface area (Å²) in [6.07, 6.45) is 5.84. The molecule has 1 aliphatic rings. The highest BCUT2D eigenvalue weighted by Crippen LogP contribution is 2.24. The highest BCUT2D eigenvalue weighted by atomic mass is 16.2. The average molecular weight is 413 g/mol. The first-order valence-electron chi connectivity index (χ1n) is 10.4. The van der Waals surface area contributed by atoms with Crippen molar-refractivity contribution < 1.29 is 4.79 Å². The molecule has 1 fully saturated rings. The van der Waals surface area contributed by atoms with Gasteiger partial charge in [-0.15, -0.1) is 0 Å². The fourth-order valence-electron chi connectivity index (χ4n) is 4.23. The number of hydrogen-bond acceptors (Lipinski definition) is 4. The third-order valence-electron chi connectivity index (χ3n) is 5.90. The Bertz CT molecular complexity index is 1300. The molecule has 3 aromatic heterocycles. The van der Waals surface area contributed by atoms with Gasteiger partial charge in [0.25, 0.3) is 5.56 Å². The third kappa shape index (κ3) is 3.74. The highest BCUT2D eigenvalue weighted by Gasteiger charge is 2.31. The number of hydrogen-bond donors (Lipinski definition) is 0. The van der Waals surface area contributed by atoms with E-state index in [1.165, 1.54) is 4.68 Å². The number of para-hydroxylation sites is 1. The van der Waals surface area contributed by atoms with Crippen LogP contribution in [0.2, 0.25) is 0 Å². The number of carbonyl (C=O) groups excluding carboxylic acids is 1. The number of likely N-dealkylation sites (tertiary alicyclic amines) is 1. The molecule has 7 heteroatoms. The van der Waals surface area contributed by atoms with E-state index >= 15 is 0 Å². The summed E-state index contributed by atoms with van der Waals surface area (Å²) in [7, 11) is 2.00. The number of pyridine rings is 1. The molecule has 1 aromatic carbocycles. The Kier molecular flexibility index (Phi) is 4.86. The Morgan fingerprint density at radius 1 is 1.06 bits per heavy atom. The van der Waals surface area contributed by atoms with Gasteiger partial charge in [-0.3, -0.25) is 14.6 Å². The lowest BCUT2D eigenvalue weighted by molar-refractivity contribution is -0.137. The van der Waals surface area contributed by atoms with Crippen LogP contribution < -0.4 is 5.56 Å². The van der Waals surface area contributed by atoms with Crippen molar-refractivity contribution >= 4 is 16.8 Å². The van der Waals surface area contributed by atoms with Crippen LogP contribution in [0, 0.1) is 5.92 Å². The fourth-order valence-corrected chi connectivity index (χ4v) is 4.23. The van der Waals surface area contributed by atoms with Gasteiger partial charge in [-0.1, -0.05) is 18.2 Å². The highest BCUT2D eigenvalue weighted by molar-refractivity contribution is 5.89. The maximum absolute atomic E-state index is 12.8. The molecule has 0 bridgehead atoms. The summed E-state index contributed by atoms with van der Waals surface area (Å²) >= 11 is 0. The first kappa shape index (κ1) is 19.2. The number of aromatic nitrogens is 4. The molecule has 5 rings (SSSR count). The smallest absolute Gasteiger partial charge is 0.266 e. The summed E-state index contributed by atoms with van der Waals surface area (Å²) in [4.78, 5) is 30.9. The molecule has 4 aromatic rings. The summed E-state index contributed by atoms with van der Waals surface area (Å²) in [6, 6.07) is 15.1. The van der Waals surface area contributed by atoms with Crippen molar-refractivity contribution in [3.8, 4) is 11.3 Å². The van der Waals surface area contributed by atoms with E-state index in [1.54, 1.807) is 24.5 Å². The van der Waals surface area contributed by atoms with Gasteiger partial charge in [0.05, 0.1) is 18.7 Å². The van der Waals surface area contributed by atoms with Gasteiger partial charge in [0, 0.05) is 67.2 Å². The number of carbonyl (C=O) groups is 1. The van der Waals surface area contributed by atoms with Crippen LogP contribution in [-0.2, 0) is 24.8 Å².